The van der Waals surface area contributed by atoms with Crippen LogP contribution in [-0.2, 0) is 14.8 Å². The smallest absolute Gasteiger partial charge is 0.243 e. The second-order valence-electron chi connectivity index (χ2n) is 4.09. The average molecular weight is 312 g/mol. The van der Waals surface area contributed by atoms with Gasteiger partial charge in [-0.3, -0.25) is 0 Å². The van der Waals surface area contributed by atoms with Gasteiger partial charge in [-0.05, 0) is 18.2 Å². The number of morpholine rings is 1. The third-order valence-electron chi connectivity index (χ3n) is 2.80. The standard InChI is InChI=1S/C11H12ClF2NO3S/c12-6-8-7-15(3-4-18-8)19(16,17)9-1-2-10(13)11(14)5-9/h1-2,5,8H,3-4,6-7H2. The van der Waals surface area contributed by atoms with Crippen LogP contribution in [0.5, 0.6) is 0 Å². The predicted octanol–water partition coefficient (Wildman–Crippen LogP) is 1.59. The summed E-state index contributed by atoms with van der Waals surface area (Å²) in [4.78, 5) is -0.276. The number of hydrogen-bond acceptors (Lipinski definition) is 3. The molecule has 1 aromatic rings. The van der Waals surface area contributed by atoms with Gasteiger partial charge in [0.05, 0.1) is 17.6 Å². The molecule has 0 radical (unpaired) electrons. The van der Waals surface area contributed by atoms with Gasteiger partial charge in [-0.25, -0.2) is 17.2 Å². The molecule has 1 unspecified atom stereocenters. The molecule has 106 valence electrons. The van der Waals surface area contributed by atoms with E-state index in [1.807, 2.05) is 0 Å². The Balaban J connectivity index is 2.28. The van der Waals surface area contributed by atoms with Crippen molar-refractivity contribution in [1.82, 2.24) is 4.31 Å². The summed E-state index contributed by atoms with van der Waals surface area (Å²) in [6.07, 6.45) is -0.393. The first-order valence-corrected chi connectivity index (χ1v) is 7.55. The number of nitrogens with zero attached hydrogens (tertiary/aromatic N) is 1. The molecule has 4 nitrogen and oxygen atoms in total. The van der Waals surface area contributed by atoms with Crippen molar-refractivity contribution in [3.05, 3.63) is 29.8 Å². The van der Waals surface area contributed by atoms with Crippen molar-refractivity contribution < 1.29 is 21.9 Å². The maximum absolute atomic E-state index is 13.1. The summed E-state index contributed by atoms with van der Waals surface area (Å²) in [5, 5.41) is 0. The van der Waals surface area contributed by atoms with Crippen LogP contribution in [0.15, 0.2) is 23.1 Å². The van der Waals surface area contributed by atoms with Crippen molar-refractivity contribution >= 4 is 21.6 Å². The molecule has 0 spiro atoms. The third-order valence-corrected chi connectivity index (χ3v) is 5.01. The SMILES string of the molecule is O=S(=O)(c1ccc(F)c(F)c1)N1CCOC(CCl)C1. The molecule has 1 aliphatic rings. The average Bonchev–Trinajstić information content (AvgIpc) is 2.41. The van der Waals surface area contributed by atoms with Crippen LogP contribution in [0.4, 0.5) is 8.78 Å². The fourth-order valence-corrected chi connectivity index (χ4v) is 3.44. The predicted molar refractivity (Wildman–Crippen MR) is 65.6 cm³/mol. The summed E-state index contributed by atoms with van der Waals surface area (Å²) in [6, 6.07) is 2.51. The van der Waals surface area contributed by atoms with Gasteiger partial charge in [0, 0.05) is 19.0 Å². The lowest BCUT2D eigenvalue weighted by atomic mass is 10.3. The second-order valence-corrected chi connectivity index (χ2v) is 6.33. The minimum absolute atomic E-state index is 0.102. The third kappa shape index (κ3) is 3.05. The van der Waals surface area contributed by atoms with Gasteiger partial charge >= 0.3 is 0 Å². The first-order valence-electron chi connectivity index (χ1n) is 5.58. The lowest BCUT2D eigenvalue weighted by Gasteiger charge is -2.31. The first kappa shape index (κ1) is 14.6. The quantitative estimate of drug-likeness (QED) is 0.797. The van der Waals surface area contributed by atoms with E-state index in [2.05, 4.69) is 0 Å². The number of hydrogen-bond donors (Lipinski definition) is 0. The molecule has 0 bridgehead atoms. The van der Waals surface area contributed by atoms with Crippen LogP contribution >= 0.6 is 11.6 Å². The molecule has 0 N–H and O–H groups in total. The fraction of sp³-hybridized carbons (Fsp3) is 0.455. The molecule has 1 fully saturated rings. The van der Waals surface area contributed by atoms with Crippen molar-refractivity contribution in [2.45, 2.75) is 11.0 Å². The van der Waals surface area contributed by atoms with Crippen LogP contribution < -0.4 is 0 Å². The zero-order valence-electron chi connectivity index (χ0n) is 9.85. The van der Waals surface area contributed by atoms with Crippen LogP contribution in [0.3, 0.4) is 0 Å². The highest BCUT2D eigenvalue weighted by atomic mass is 35.5. The Morgan fingerprint density at radius 3 is 2.74 bits per heavy atom. The molecule has 0 saturated carbocycles. The zero-order valence-corrected chi connectivity index (χ0v) is 11.4. The molecular weight excluding hydrogens is 300 g/mol. The van der Waals surface area contributed by atoms with E-state index in [-0.39, 0.29) is 30.5 Å². The van der Waals surface area contributed by atoms with Gasteiger partial charge in [-0.2, -0.15) is 4.31 Å². The molecular formula is C11H12ClF2NO3S. The summed E-state index contributed by atoms with van der Waals surface area (Å²) < 4.78 is 56.9. The van der Waals surface area contributed by atoms with Gasteiger partial charge in [-0.15, -0.1) is 11.6 Å². The summed E-state index contributed by atoms with van der Waals surface area (Å²) in [6.45, 7) is 0.486. The summed E-state index contributed by atoms with van der Waals surface area (Å²) in [7, 11) is -3.86. The summed E-state index contributed by atoms with van der Waals surface area (Å²) >= 11 is 5.63. The Bertz CT molecular complexity index is 567. The van der Waals surface area contributed by atoms with Gasteiger partial charge < -0.3 is 4.74 Å². The van der Waals surface area contributed by atoms with E-state index in [0.717, 1.165) is 16.4 Å². The highest BCUT2D eigenvalue weighted by molar-refractivity contribution is 7.89. The summed E-state index contributed by atoms with van der Waals surface area (Å²) in [5.74, 6) is -2.10. The Hall–Kier alpha value is -0.760. The van der Waals surface area contributed by atoms with E-state index in [9.17, 15) is 17.2 Å². The number of alkyl halides is 1. The van der Waals surface area contributed by atoms with Crippen molar-refractivity contribution in [2.24, 2.45) is 0 Å². The lowest BCUT2D eigenvalue weighted by Crippen LogP contribution is -2.46. The number of halogens is 3. The highest BCUT2D eigenvalue weighted by Gasteiger charge is 2.30. The molecule has 1 aliphatic heterocycles. The number of sulfonamides is 1. The maximum Gasteiger partial charge on any atom is 0.243 e. The maximum atomic E-state index is 13.1. The van der Waals surface area contributed by atoms with E-state index in [1.54, 1.807) is 0 Å². The number of ether oxygens (including phenoxy) is 1. The van der Waals surface area contributed by atoms with Crippen LogP contribution in [0.25, 0.3) is 0 Å². The minimum atomic E-state index is -3.86. The molecule has 0 aliphatic carbocycles. The summed E-state index contributed by atoms with van der Waals surface area (Å²) in [5.41, 5.74) is 0. The molecule has 1 aromatic carbocycles. The Morgan fingerprint density at radius 2 is 2.11 bits per heavy atom. The Labute approximate surface area is 115 Å². The molecule has 1 atom stereocenters. The molecule has 1 heterocycles. The molecule has 8 heteroatoms. The lowest BCUT2D eigenvalue weighted by molar-refractivity contribution is 0.0122. The monoisotopic (exact) mass is 311 g/mol. The molecule has 1 saturated heterocycles. The highest BCUT2D eigenvalue weighted by Crippen LogP contribution is 2.21. The normalized spacial score (nSPS) is 21.5. The molecule has 0 aromatic heterocycles. The number of benzene rings is 1. The molecule has 19 heavy (non-hydrogen) atoms. The van der Waals surface area contributed by atoms with Gasteiger partial charge in [0.25, 0.3) is 0 Å². The first-order chi connectivity index (χ1) is 8.95. The van der Waals surface area contributed by atoms with Crippen LogP contribution in [0.1, 0.15) is 0 Å². The topological polar surface area (TPSA) is 46.6 Å². The molecule has 0 amide bonds. The fourth-order valence-electron chi connectivity index (χ4n) is 1.79. The van der Waals surface area contributed by atoms with Crippen molar-refractivity contribution in [2.75, 3.05) is 25.6 Å². The largest absolute Gasteiger partial charge is 0.374 e. The van der Waals surface area contributed by atoms with Gasteiger partial charge in [0.1, 0.15) is 0 Å². The van der Waals surface area contributed by atoms with E-state index in [0.29, 0.717) is 6.07 Å². The van der Waals surface area contributed by atoms with E-state index in [4.69, 9.17) is 16.3 Å². The Morgan fingerprint density at radius 1 is 1.37 bits per heavy atom. The minimum Gasteiger partial charge on any atom is -0.374 e. The van der Waals surface area contributed by atoms with Crippen LogP contribution in [0, 0.1) is 11.6 Å². The zero-order chi connectivity index (χ0) is 14.0. The van der Waals surface area contributed by atoms with Crippen LogP contribution in [-0.4, -0.2) is 44.4 Å². The van der Waals surface area contributed by atoms with E-state index < -0.39 is 27.8 Å². The van der Waals surface area contributed by atoms with E-state index >= 15 is 0 Å². The second kappa shape index (κ2) is 5.70. The number of rotatable bonds is 3. The van der Waals surface area contributed by atoms with Gasteiger partial charge in [0.15, 0.2) is 11.6 Å². The van der Waals surface area contributed by atoms with Crippen molar-refractivity contribution in [1.29, 1.82) is 0 Å². The van der Waals surface area contributed by atoms with Crippen molar-refractivity contribution in [3.8, 4) is 0 Å². The molecule has 2 rings (SSSR count). The van der Waals surface area contributed by atoms with Crippen molar-refractivity contribution in [3.63, 3.8) is 0 Å². The van der Waals surface area contributed by atoms with E-state index in [1.165, 1.54) is 0 Å². The van der Waals surface area contributed by atoms with Gasteiger partial charge in [0.2, 0.25) is 10.0 Å². The van der Waals surface area contributed by atoms with Crippen LogP contribution in [0.2, 0.25) is 0 Å². The van der Waals surface area contributed by atoms with Gasteiger partial charge in [-0.1, -0.05) is 0 Å². The Kier molecular flexibility index (Phi) is 4.39.